The summed E-state index contributed by atoms with van der Waals surface area (Å²) in [7, 11) is -0.870. The van der Waals surface area contributed by atoms with Crippen LogP contribution in [0.2, 0.25) is 0 Å². The van der Waals surface area contributed by atoms with Crippen LogP contribution in [0.25, 0.3) is 0 Å². The average Bonchev–Trinajstić information content (AvgIpc) is 2.85. The van der Waals surface area contributed by atoms with E-state index in [4.69, 9.17) is 9.47 Å². The Morgan fingerprint density at radius 2 is 1.78 bits per heavy atom. The zero-order valence-corrected chi connectivity index (χ0v) is 22.7. The van der Waals surface area contributed by atoms with Crippen LogP contribution in [0.15, 0.2) is 42.5 Å². The lowest BCUT2D eigenvalue weighted by atomic mass is 10.1. The van der Waals surface area contributed by atoms with Gasteiger partial charge in [0.2, 0.25) is 21.8 Å². The summed E-state index contributed by atoms with van der Waals surface area (Å²) < 4.78 is 37.4. The molecule has 2 rings (SSSR count). The van der Waals surface area contributed by atoms with E-state index in [1.54, 1.807) is 43.5 Å². The normalized spacial score (nSPS) is 11.9. The second-order valence-electron chi connectivity index (χ2n) is 8.53. The fourth-order valence-corrected chi connectivity index (χ4v) is 4.69. The highest BCUT2D eigenvalue weighted by molar-refractivity contribution is 7.92. The standard InChI is InChI=1S/C26H37N3O6S/c1-7-14-27-26(31)22(8-2)28(17-20-10-9-11-21(16-20)34-4)25(30)18-29(36(6,32)33)23-15-19(3)12-13-24(23)35-5/h9-13,15-16,22H,7-8,14,17-18H2,1-6H3,(H,27,31)/t22-/m0/s1. The van der Waals surface area contributed by atoms with Crippen molar-refractivity contribution in [2.24, 2.45) is 0 Å². The van der Waals surface area contributed by atoms with Gasteiger partial charge in [-0.15, -0.1) is 0 Å². The molecule has 2 aromatic rings. The molecule has 1 N–H and O–H groups in total. The van der Waals surface area contributed by atoms with Crippen molar-refractivity contribution in [3.05, 3.63) is 53.6 Å². The van der Waals surface area contributed by atoms with Crippen LogP contribution in [0.4, 0.5) is 5.69 Å². The number of amides is 2. The second kappa shape index (κ2) is 13.2. The number of methoxy groups -OCH3 is 2. The number of carbonyl (C=O) groups excluding carboxylic acids is 2. The third-order valence-electron chi connectivity index (χ3n) is 5.70. The molecule has 0 spiro atoms. The first-order valence-electron chi connectivity index (χ1n) is 11.9. The summed E-state index contributed by atoms with van der Waals surface area (Å²) in [6.45, 7) is 5.69. The zero-order chi connectivity index (χ0) is 26.9. The number of benzene rings is 2. The Hall–Kier alpha value is -3.27. The van der Waals surface area contributed by atoms with Crippen LogP contribution < -0.4 is 19.1 Å². The highest BCUT2D eigenvalue weighted by Crippen LogP contribution is 2.31. The first kappa shape index (κ1) is 29.0. The lowest BCUT2D eigenvalue weighted by Crippen LogP contribution is -2.52. The lowest BCUT2D eigenvalue weighted by Gasteiger charge is -2.33. The minimum absolute atomic E-state index is 0.108. The molecule has 9 nitrogen and oxygen atoms in total. The van der Waals surface area contributed by atoms with Gasteiger partial charge in [0.05, 0.1) is 26.2 Å². The SMILES string of the molecule is CCCNC(=O)[C@H](CC)N(Cc1cccc(OC)c1)C(=O)CN(c1cc(C)ccc1OC)S(C)(=O)=O. The Balaban J connectivity index is 2.51. The van der Waals surface area contributed by atoms with Gasteiger partial charge < -0.3 is 19.7 Å². The number of rotatable bonds is 13. The molecule has 2 amide bonds. The molecule has 36 heavy (non-hydrogen) atoms. The summed E-state index contributed by atoms with van der Waals surface area (Å²) >= 11 is 0. The summed E-state index contributed by atoms with van der Waals surface area (Å²) in [5, 5.41) is 2.86. The second-order valence-corrected chi connectivity index (χ2v) is 10.4. The van der Waals surface area contributed by atoms with Gasteiger partial charge in [0.1, 0.15) is 24.1 Å². The molecule has 0 saturated heterocycles. The molecular formula is C26H37N3O6S. The summed E-state index contributed by atoms with van der Waals surface area (Å²) in [4.78, 5) is 28.2. The number of carbonyl (C=O) groups is 2. The molecule has 0 aliphatic heterocycles. The number of hydrogen-bond acceptors (Lipinski definition) is 6. The quantitative estimate of drug-likeness (QED) is 0.436. The van der Waals surface area contributed by atoms with Crippen LogP contribution in [0.5, 0.6) is 11.5 Å². The molecule has 0 aliphatic carbocycles. The number of nitrogens with zero attached hydrogens (tertiary/aromatic N) is 2. The monoisotopic (exact) mass is 519 g/mol. The molecule has 0 radical (unpaired) electrons. The van der Waals surface area contributed by atoms with Crippen LogP contribution in [0.3, 0.4) is 0 Å². The number of aryl methyl sites for hydroxylation is 1. The number of hydrogen-bond donors (Lipinski definition) is 1. The molecule has 0 bridgehead atoms. The van der Waals surface area contributed by atoms with Crippen molar-refractivity contribution in [1.29, 1.82) is 0 Å². The van der Waals surface area contributed by atoms with Gasteiger partial charge >= 0.3 is 0 Å². The predicted molar refractivity (Wildman–Crippen MR) is 141 cm³/mol. The molecular weight excluding hydrogens is 482 g/mol. The molecule has 198 valence electrons. The molecule has 0 fully saturated rings. The number of ether oxygens (including phenoxy) is 2. The molecule has 1 atom stereocenters. The Morgan fingerprint density at radius 1 is 1.06 bits per heavy atom. The Labute approximate surface area is 214 Å². The molecule has 10 heteroatoms. The third kappa shape index (κ3) is 7.61. The molecule has 0 aliphatic rings. The molecule has 0 unspecified atom stereocenters. The topological polar surface area (TPSA) is 105 Å². The van der Waals surface area contributed by atoms with E-state index < -0.39 is 28.5 Å². The molecule has 2 aromatic carbocycles. The highest BCUT2D eigenvalue weighted by Gasteiger charge is 2.32. The average molecular weight is 520 g/mol. The number of nitrogens with one attached hydrogen (secondary N) is 1. The summed E-state index contributed by atoms with van der Waals surface area (Å²) in [6.07, 6.45) is 2.15. The first-order chi connectivity index (χ1) is 17.0. The zero-order valence-electron chi connectivity index (χ0n) is 21.9. The van der Waals surface area contributed by atoms with Crippen LogP contribution in [0, 0.1) is 6.92 Å². The maximum Gasteiger partial charge on any atom is 0.244 e. The van der Waals surface area contributed by atoms with Crippen molar-refractivity contribution in [1.82, 2.24) is 10.2 Å². The molecule has 0 aromatic heterocycles. The Kier molecular flexibility index (Phi) is 10.6. The van der Waals surface area contributed by atoms with Crippen molar-refractivity contribution in [2.75, 3.05) is 37.9 Å². The van der Waals surface area contributed by atoms with E-state index in [0.717, 1.165) is 28.1 Å². The van der Waals surface area contributed by atoms with Gasteiger partial charge in [0.25, 0.3) is 0 Å². The fraction of sp³-hybridized carbons (Fsp3) is 0.462. The van der Waals surface area contributed by atoms with Gasteiger partial charge in [0, 0.05) is 13.1 Å². The van der Waals surface area contributed by atoms with Gasteiger partial charge in [-0.25, -0.2) is 8.42 Å². The minimum Gasteiger partial charge on any atom is -0.497 e. The molecule has 0 heterocycles. The number of sulfonamides is 1. The van der Waals surface area contributed by atoms with Gasteiger partial charge in [-0.2, -0.15) is 0 Å². The van der Waals surface area contributed by atoms with E-state index >= 15 is 0 Å². The van der Waals surface area contributed by atoms with Crippen LogP contribution in [0.1, 0.15) is 37.8 Å². The Morgan fingerprint density at radius 3 is 2.36 bits per heavy atom. The van der Waals surface area contributed by atoms with Crippen molar-refractivity contribution < 1.29 is 27.5 Å². The van der Waals surface area contributed by atoms with Gasteiger partial charge in [-0.3, -0.25) is 13.9 Å². The summed E-state index contributed by atoms with van der Waals surface area (Å²) in [5.41, 5.74) is 1.83. The largest absolute Gasteiger partial charge is 0.497 e. The van der Waals surface area contributed by atoms with Crippen molar-refractivity contribution >= 4 is 27.5 Å². The van der Waals surface area contributed by atoms with E-state index in [2.05, 4.69) is 5.32 Å². The van der Waals surface area contributed by atoms with Crippen LogP contribution in [-0.4, -0.2) is 64.7 Å². The summed E-state index contributed by atoms with van der Waals surface area (Å²) in [5.74, 6) is 0.150. The number of anilines is 1. The smallest absolute Gasteiger partial charge is 0.244 e. The Bertz CT molecular complexity index is 1150. The van der Waals surface area contributed by atoms with Crippen molar-refractivity contribution in [3.63, 3.8) is 0 Å². The van der Waals surface area contributed by atoms with Gasteiger partial charge in [0.15, 0.2) is 0 Å². The first-order valence-corrected chi connectivity index (χ1v) is 13.7. The fourth-order valence-electron chi connectivity index (χ4n) is 3.84. The van der Waals surface area contributed by atoms with Gasteiger partial charge in [-0.1, -0.05) is 32.0 Å². The van der Waals surface area contributed by atoms with E-state index in [-0.39, 0.29) is 18.1 Å². The van der Waals surface area contributed by atoms with Crippen molar-refractivity contribution in [2.45, 2.75) is 46.2 Å². The third-order valence-corrected chi connectivity index (χ3v) is 6.83. The minimum atomic E-state index is -3.86. The van der Waals surface area contributed by atoms with E-state index in [1.165, 1.54) is 12.0 Å². The highest BCUT2D eigenvalue weighted by atomic mass is 32.2. The molecule has 0 saturated carbocycles. The van der Waals surface area contributed by atoms with Crippen LogP contribution in [-0.2, 0) is 26.2 Å². The predicted octanol–water partition coefficient (Wildman–Crippen LogP) is 3.11. The lowest BCUT2D eigenvalue weighted by molar-refractivity contribution is -0.140. The van der Waals surface area contributed by atoms with E-state index in [0.29, 0.717) is 24.5 Å². The summed E-state index contributed by atoms with van der Waals surface area (Å²) in [6, 6.07) is 11.5. The van der Waals surface area contributed by atoms with E-state index in [9.17, 15) is 18.0 Å². The van der Waals surface area contributed by atoms with Crippen LogP contribution >= 0.6 is 0 Å². The maximum absolute atomic E-state index is 13.8. The maximum atomic E-state index is 13.8. The van der Waals surface area contributed by atoms with Crippen molar-refractivity contribution in [3.8, 4) is 11.5 Å². The van der Waals surface area contributed by atoms with Gasteiger partial charge in [-0.05, 0) is 55.2 Å². The van der Waals surface area contributed by atoms with E-state index in [1.807, 2.05) is 26.8 Å².